The fraction of sp³-hybridized carbons (Fsp3) is 0.438. The predicted octanol–water partition coefficient (Wildman–Crippen LogP) is 1.85. The zero-order valence-electron chi connectivity index (χ0n) is 13.4. The van der Waals surface area contributed by atoms with Crippen molar-refractivity contribution in [1.29, 1.82) is 0 Å². The van der Waals surface area contributed by atoms with E-state index in [1.165, 1.54) is 12.1 Å². The number of imidazole rings is 1. The van der Waals surface area contributed by atoms with Gasteiger partial charge in [-0.25, -0.2) is 18.1 Å². The fourth-order valence-corrected chi connectivity index (χ4v) is 4.79. The SMILES string of the molecule is O=S(=O)(NC[C@@H]1CCn2ccnc2C1)c1cc2c(cc1Cl)OCCO2. The molecule has 9 heteroatoms. The fourth-order valence-electron chi connectivity index (χ4n) is 3.15. The van der Waals surface area contributed by atoms with Gasteiger partial charge in [0.25, 0.3) is 0 Å². The van der Waals surface area contributed by atoms with Crippen molar-refractivity contribution in [3.8, 4) is 11.5 Å². The van der Waals surface area contributed by atoms with Crippen LogP contribution in [-0.4, -0.2) is 37.7 Å². The number of sulfonamides is 1. The van der Waals surface area contributed by atoms with Crippen molar-refractivity contribution in [2.45, 2.75) is 24.3 Å². The summed E-state index contributed by atoms with van der Waals surface area (Å²) in [6.07, 6.45) is 5.38. The van der Waals surface area contributed by atoms with Gasteiger partial charge in [-0.05, 0) is 12.3 Å². The second-order valence-corrected chi connectivity index (χ2v) is 8.32. The lowest BCUT2D eigenvalue weighted by Gasteiger charge is -2.24. The Bertz CT molecular complexity index is 897. The van der Waals surface area contributed by atoms with Crippen molar-refractivity contribution in [3.63, 3.8) is 0 Å². The van der Waals surface area contributed by atoms with Crippen LogP contribution < -0.4 is 14.2 Å². The molecule has 0 fully saturated rings. The van der Waals surface area contributed by atoms with Gasteiger partial charge in [0.1, 0.15) is 23.9 Å². The maximum Gasteiger partial charge on any atom is 0.242 e. The Balaban J connectivity index is 1.49. The van der Waals surface area contributed by atoms with E-state index in [0.717, 1.165) is 25.2 Å². The van der Waals surface area contributed by atoms with Crippen molar-refractivity contribution in [2.24, 2.45) is 5.92 Å². The Morgan fingerprint density at radius 2 is 2.04 bits per heavy atom. The molecular formula is C16H18ClN3O4S. The van der Waals surface area contributed by atoms with Crippen LogP contribution in [0.2, 0.25) is 5.02 Å². The van der Waals surface area contributed by atoms with Gasteiger partial charge in [-0.2, -0.15) is 0 Å². The highest BCUT2D eigenvalue weighted by Gasteiger charge is 2.26. The monoisotopic (exact) mass is 383 g/mol. The predicted molar refractivity (Wildman–Crippen MR) is 91.7 cm³/mol. The van der Waals surface area contributed by atoms with Gasteiger partial charge in [0.15, 0.2) is 11.5 Å². The third-order valence-electron chi connectivity index (χ3n) is 4.50. The highest BCUT2D eigenvalue weighted by atomic mass is 35.5. The van der Waals surface area contributed by atoms with E-state index in [2.05, 4.69) is 14.3 Å². The average molecular weight is 384 g/mol. The Labute approximate surface area is 151 Å². The zero-order chi connectivity index (χ0) is 17.4. The molecule has 2 aliphatic heterocycles. The van der Waals surface area contributed by atoms with Gasteiger partial charge in [0.2, 0.25) is 10.0 Å². The van der Waals surface area contributed by atoms with Crippen molar-refractivity contribution in [1.82, 2.24) is 14.3 Å². The topological polar surface area (TPSA) is 82.5 Å². The van der Waals surface area contributed by atoms with Gasteiger partial charge in [0.05, 0.1) is 5.02 Å². The molecule has 1 aromatic heterocycles. The molecule has 0 bridgehead atoms. The third kappa shape index (κ3) is 3.33. The van der Waals surface area contributed by atoms with Crippen LogP contribution in [0.5, 0.6) is 11.5 Å². The highest BCUT2D eigenvalue weighted by molar-refractivity contribution is 7.89. The number of fused-ring (bicyclic) bond motifs is 2. The molecule has 7 nitrogen and oxygen atoms in total. The second-order valence-electron chi connectivity index (χ2n) is 6.17. The summed E-state index contributed by atoms with van der Waals surface area (Å²) in [5.41, 5.74) is 0. The molecular weight excluding hydrogens is 366 g/mol. The summed E-state index contributed by atoms with van der Waals surface area (Å²) in [6.45, 7) is 2.01. The lowest BCUT2D eigenvalue weighted by Crippen LogP contribution is -2.33. The van der Waals surface area contributed by atoms with Crippen LogP contribution in [0, 0.1) is 5.92 Å². The van der Waals surface area contributed by atoms with Crippen LogP contribution in [0.1, 0.15) is 12.2 Å². The largest absolute Gasteiger partial charge is 0.486 e. The first-order chi connectivity index (χ1) is 12.0. The molecule has 1 N–H and O–H groups in total. The van der Waals surface area contributed by atoms with Crippen LogP contribution >= 0.6 is 11.6 Å². The number of benzene rings is 1. The number of rotatable bonds is 4. The molecule has 0 saturated heterocycles. The van der Waals surface area contributed by atoms with Gasteiger partial charge < -0.3 is 14.0 Å². The molecule has 25 heavy (non-hydrogen) atoms. The Hall–Kier alpha value is -1.77. The first kappa shape index (κ1) is 16.7. The van der Waals surface area contributed by atoms with E-state index < -0.39 is 10.0 Å². The van der Waals surface area contributed by atoms with Gasteiger partial charge in [-0.3, -0.25) is 0 Å². The van der Waals surface area contributed by atoms with Gasteiger partial charge in [-0.1, -0.05) is 11.6 Å². The van der Waals surface area contributed by atoms with Crippen molar-refractivity contribution in [3.05, 3.63) is 35.4 Å². The van der Waals surface area contributed by atoms with E-state index in [0.29, 0.717) is 31.3 Å². The summed E-state index contributed by atoms with van der Waals surface area (Å²) in [6, 6.07) is 2.91. The van der Waals surface area contributed by atoms with Crippen molar-refractivity contribution >= 4 is 21.6 Å². The zero-order valence-corrected chi connectivity index (χ0v) is 15.0. The minimum Gasteiger partial charge on any atom is -0.486 e. The first-order valence-corrected chi connectivity index (χ1v) is 9.98. The average Bonchev–Trinajstić information content (AvgIpc) is 3.07. The summed E-state index contributed by atoms with van der Waals surface area (Å²) < 4.78 is 41.0. The quantitative estimate of drug-likeness (QED) is 0.871. The maximum absolute atomic E-state index is 12.7. The van der Waals surface area contributed by atoms with E-state index >= 15 is 0 Å². The molecule has 0 spiro atoms. The molecule has 134 valence electrons. The maximum atomic E-state index is 12.7. The summed E-state index contributed by atoms with van der Waals surface area (Å²) >= 11 is 6.15. The Morgan fingerprint density at radius 3 is 2.84 bits per heavy atom. The number of aromatic nitrogens is 2. The van der Waals surface area contributed by atoms with Crippen LogP contribution in [0.4, 0.5) is 0 Å². The lowest BCUT2D eigenvalue weighted by molar-refractivity contribution is 0.171. The van der Waals surface area contributed by atoms with E-state index in [1.54, 1.807) is 6.20 Å². The number of aryl methyl sites for hydroxylation is 1. The Morgan fingerprint density at radius 1 is 1.28 bits per heavy atom. The van der Waals surface area contributed by atoms with Crippen LogP contribution in [-0.2, 0) is 23.0 Å². The molecule has 0 unspecified atom stereocenters. The molecule has 0 amide bonds. The number of halogens is 1. The van der Waals surface area contributed by atoms with Gasteiger partial charge in [0, 0.05) is 44.0 Å². The number of hydrogen-bond donors (Lipinski definition) is 1. The van der Waals surface area contributed by atoms with Gasteiger partial charge in [-0.15, -0.1) is 0 Å². The molecule has 1 atom stereocenters. The van der Waals surface area contributed by atoms with Crippen LogP contribution in [0.25, 0.3) is 0 Å². The molecule has 3 heterocycles. The molecule has 0 aliphatic carbocycles. The number of nitrogens with zero attached hydrogens (tertiary/aromatic N) is 2. The normalized spacial score (nSPS) is 19.5. The smallest absolute Gasteiger partial charge is 0.242 e. The van der Waals surface area contributed by atoms with Gasteiger partial charge >= 0.3 is 0 Å². The van der Waals surface area contributed by atoms with E-state index in [1.807, 2.05) is 6.20 Å². The van der Waals surface area contributed by atoms with Crippen LogP contribution in [0.3, 0.4) is 0 Å². The standard InChI is InChI=1S/C16H18ClN3O4S/c17-12-8-13-14(24-6-5-23-13)9-15(12)25(21,22)19-10-11-1-3-20-4-2-18-16(20)7-11/h2,4,8-9,11,19H,1,3,5-7,10H2/t11-/m1/s1. The molecule has 4 rings (SSSR count). The number of ether oxygens (including phenoxy) is 2. The summed E-state index contributed by atoms with van der Waals surface area (Å²) in [5.74, 6) is 2.07. The lowest BCUT2D eigenvalue weighted by atomic mass is 9.98. The number of hydrogen-bond acceptors (Lipinski definition) is 5. The molecule has 0 radical (unpaired) electrons. The van der Waals surface area contributed by atoms with E-state index in [9.17, 15) is 8.42 Å². The molecule has 0 saturated carbocycles. The van der Waals surface area contributed by atoms with E-state index in [4.69, 9.17) is 21.1 Å². The minimum absolute atomic E-state index is 0.00993. The summed E-state index contributed by atoms with van der Waals surface area (Å²) in [7, 11) is -3.73. The molecule has 1 aromatic carbocycles. The van der Waals surface area contributed by atoms with Crippen molar-refractivity contribution in [2.75, 3.05) is 19.8 Å². The molecule has 2 aromatic rings. The third-order valence-corrected chi connectivity index (χ3v) is 6.39. The summed E-state index contributed by atoms with van der Waals surface area (Å²) in [4.78, 5) is 4.32. The Kier molecular flexibility index (Phi) is 4.35. The number of nitrogens with one attached hydrogen (secondary N) is 1. The van der Waals surface area contributed by atoms with Crippen molar-refractivity contribution < 1.29 is 17.9 Å². The van der Waals surface area contributed by atoms with E-state index in [-0.39, 0.29) is 15.8 Å². The molecule has 2 aliphatic rings. The summed E-state index contributed by atoms with van der Waals surface area (Å²) in [5, 5.41) is 0.121. The van der Waals surface area contributed by atoms with Crippen LogP contribution in [0.15, 0.2) is 29.4 Å². The second kappa shape index (κ2) is 6.51. The highest BCUT2D eigenvalue weighted by Crippen LogP contribution is 2.37. The minimum atomic E-state index is -3.73. The first-order valence-electron chi connectivity index (χ1n) is 8.12.